The van der Waals surface area contributed by atoms with Crippen molar-refractivity contribution < 1.29 is 41.4 Å². The number of carbonyl (C=O) groups is 3. The molecule has 0 aliphatic carbocycles. The molecule has 0 saturated carbocycles. The number of ether oxygens (including phenoxy) is 2. The first-order valence-electron chi connectivity index (χ1n) is 13.4. The number of benzene rings is 3. The van der Waals surface area contributed by atoms with Crippen molar-refractivity contribution in [3.63, 3.8) is 0 Å². The number of nitrogens with zero attached hydrogens (tertiary/aromatic N) is 2. The Balaban J connectivity index is 1.50. The number of rotatable bonds is 11. The van der Waals surface area contributed by atoms with Gasteiger partial charge >= 0.3 is 18.2 Å². The zero-order valence-corrected chi connectivity index (χ0v) is 23.4. The molecular weight excluding hydrogens is 584 g/mol. The molecule has 13 heteroatoms. The molecule has 0 bridgehead atoms. The van der Waals surface area contributed by atoms with Crippen LogP contribution in [0.3, 0.4) is 0 Å². The van der Waals surface area contributed by atoms with Crippen molar-refractivity contribution in [2.75, 3.05) is 6.54 Å². The highest BCUT2D eigenvalue weighted by Gasteiger charge is 2.37. The summed E-state index contributed by atoms with van der Waals surface area (Å²) in [6.07, 6.45) is -5.10. The first-order valence-corrected chi connectivity index (χ1v) is 13.4. The SMILES string of the molecule is CCn1ncc(C(F)(F)F)c1-c1cc(F)cc(C(=O)NC[C@@H](NC(=O)OCc2ccccc2)C(=O)OCc2ccccc2)c1. The lowest BCUT2D eigenvalue weighted by atomic mass is 10.0. The lowest BCUT2D eigenvalue weighted by Crippen LogP contribution is -2.49. The van der Waals surface area contributed by atoms with E-state index < -0.39 is 53.8 Å². The number of hydrogen-bond acceptors (Lipinski definition) is 6. The monoisotopic (exact) mass is 612 g/mol. The van der Waals surface area contributed by atoms with Crippen molar-refractivity contribution in [1.82, 2.24) is 20.4 Å². The number of alkyl carbamates (subject to hydrolysis) is 1. The van der Waals surface area contributed by atoms with Crippen molar-refractivity contribution in [2.45, 2.75) is 38.9 Å². The number of carbonyl (C=O) groups excluding carboxylic acids is 3. The summed E-state index contributed by atoms with van der Waals surface area (Å²) in [5, 5.41) is 8.49. The quantitative estimate of drug-likeness (QED) is 0.171. The van der Waals surface area contributed by atoms with Gasteiger partial charge in [0, 0.05) is 24.2 Å². The Labute approximate surface area is 249 Å². The highest BCUT2D eigenvalue weighted by molar-refractivity contribution is 5.96. The second-order valence-corrected chi connectivity index (χ2v) is 9.51. The molecule has 4 rings (SSSR count). The summed E-state index contributed by atoms with van der Waals surface area (Å²) < 4.78 is 67.0. The van der Waals surface area contributed by atoms with Gasteiger partial charge in [0.05, 0.1) is 11.9 Å². The molecule has 0 saturated heterocycles. The number of amides is 2. The van der Waals surface area contributed by atoms with Crippen LogP contribution in [-0.4, -0.2) is 40.3 Å². The number of hydrogen-bond donors (Lipinski definition) is 2. The van der Waals surface area contributed by atoms with Crippen molar-refractivity contribution >= 4 is 18.0 Å². The van der Waals surface area contributed by atoms with E-state index in [2.05, 4.69) is 15.7 Å². The fourth-order valence-electron chi connectivity index (χ4n) is 4.22. The van der Waals surface area contributed by atoms with Crippen LogP contribution in [0.5, 0.6) is 0 Å². The van der Waals surface area contributed by atoms with E-state index in [9.17, 15) is 31.9 Å². The highest BCUT2D eigenvalue weighted by Crippen LogP contribution is 2.37. The maximum absolute atomic E-state index is 14.6. The molecular formula is C31H28F4N4O5. The molecule has 44 heavy (non-hydrogen) atoms. The van der Waals surface area contributed by atoms with E-state index >= 15 is 0 Å². The third-order valence-corrected chi connectivity index (χ3v) is 6.36. The Morgan fingerprint density at radius 2 is 1.52 bits per heavy atom. The van der Waals surface area contributed by atoms with E-state index in [0.29, 0.717) is 17.3 Å². The molecule has 0 fully saturated rings. The van der Waals surface area contributed by atoms with E-state index in [1.807, 2.05) is 0 Å². The number of nitrogens with one attached hydrogen (secondary N) is 2. The molecule has 1 atom stereocenters. The van der Waals surface area contributed by atoms with Crippen LogP contribution in [0.25, 0.3) is 11.3 Å². The Hall–Kier alpha value is -5.20. The van der Waals surface area contributed by atoms with Gasteiger partial charge in [-0.1, -0.05) is 60.7 Å². The number of aryl methyl sites for hydroxylation is 1. The predicted octanol–water partition coefficient (Wildman–Crippen LogP) is 5.50. The van der Waals surface area contributed by atoms with Gasteiger partial charge in [0.15, 0.2) is 0 Å². The molecule has 4 aromatic rings. The lowest BCUT2D eigenvalue weighted by molar-refractivity contribution is -0.147. The summed E-state index contributed by atoms with van der Waals surface area (Å²) in [4.78, 5) is 38.5. The van der Waals surface area contributed by atoms with Crippen LogP contribution in [0, 0.1) is 5.82 Å². The minimum absolute atomic E-state index is 0.0578. The lowest BCUT2D eigenvalue weighted by Gasteiger charge is -2.19. The Morgan fingerprint density at radius 3 is 2.11 bits per heavy atom. The fourth-order valence-corrected chi connectivity index (χ4v) is 4.22. The molecule has 0 unspecified atom stereocenters. The summed E-state index contributed by atoms with van der Waals surface area (Å²) in [5.74, 6) is -2.78. The molecule has 9 nitrogen and oxygen atoms in total. The van der Waals surface area contributed by atoms with Gasteiger partial charge < -0.3 is 20.1 Å². The van der Waals surface area contributed by atoms with Crippen molar-refractivity contribution in [2.24, 2.45) is 0 Å². The van der Waals surface area contributed by atoms with E-state index in [-0.39, 0.29) is 30.9 Å². The van der Waals surface area contributed by atoms with Crippen LogP contribution in [0.2, 0.25) is 0 Å². The van der Waals surface area contributed by atoms with Gasteiger partial charge in [-0.15, -0.1) is 0 Å². The molecule has 0 aliphatic rings. The van der Waals surface area contributed by atoms with Crippen LogP contribution in [-0.2, 0) is 40.2 Å². The van der Waals surface area contributed by atoms with Gasteiger partial charge in [0.1, 0.15) is 30.6 Å². The van der Waals surface area contributed by atoms with Crippen LogP contribution in [0.15, 0.2) is 85.1 Å². The molecule has 2 amide bonds. The highest BCUT2D eigenvalue weighted by atomic mass is 19.4. The van der Waals surface area contributed by atoms with E-state index in [1.54, 1.807) is 67.6 Å². The second kappa shape index (κ2) is 14.3. The normalized spacial score (nSPS) is 11.8. The van der Waals surface area contributed by atoms with E-state index in [0.717, 1.165) is 22.9 Å². The first-order chi connectivity index (χ1) is 21.0. The molecule has 3 aromatic carbocycles. The fraction of sp³-hybridized carbons (Fsp3) is 0.226. The minimum atomic E-state index is -4.77. The summed E-state index contributed by atoms with van der Waals surface area (Å²) in [7, 11) is 0. The zero-order valence-electron chi connectivity index (χ0n) is 23.4. The molecule has 1 heterocycles. The van der Waals surface area contributed by atoms with Gasteiger partial charge in [-0.25, -0.2) is 14.0 Å². The van der Waals surface area contributed by atoms with Crippen LogP contribution >= 0.6 is 0 Å². The number of esters is 1. The van der Waals surface area contributed by atoms with Crippen molar-refractivity contribution in [1.29, 1.82) is 0 Å². The predicted molar refractivity (Wildman–Crippen MR) is 150 cm³/mol. The van der Waals surface area contributed by atoms with Gasteiger partial charge in [-0.2, -0.15) is 18.3 Å². The molecule has 230 valence electrons. The van der Waals surface area contributed by atoms with Gasteiger partial charge in [0.2, 0.25) is 0 Å². The molecule has 0 radical (unpaired) electrons. The average Bonchev–Trinajstić information content (AvgIpc) is 3.47. The van der Waals surface area contributed by atoms with E-state index in [4.69, 9.17) is 9.47 Å². The second-order valence-electron chi connectivity index (χ2n) is 9.51. The number of alkyl halides is 3. The summed E-state index contributed by atoms with van der Waals surface area (Å²) in [5.41, 5.74) is -0.663. The molecule has 2 N–H and O–H groups in total. The summed E-state index contributed by atoms with van der Waals surface area (Å²) >= 11 is 0. The average molecular weight is 613 g/mol. The zero-order chi connectivity index (χ0) is 31.7. The smallest absolute Gasteiger partial charge is 0.420 e. The van der Waals surface area contributed by atoms with Gasteiger partial charge in [-0.3, -0.25) is 9.48 Å². The molecule has 1 aromatic heterocycles. The van der Waals surface area contributed by atoms with Crippen LogP contribution < -0.4 is 10.6 Å². The van der Waals surface area contributed by atoms with E-state index in [1.165, 1.54) is 0 Å². The third kappa shape index (κ3) is 8.43. The minimum Gasteiger partial charge on any atom is -0.459 e. The maximum Gasteiger partial charge on any atom is 0.420 e. The topological polar surface area (TPSA) is 112 Å². The summed E-state index contributed by atoms with van der Waals surface area (Å²) in [6.45, 7) is 0.913. The Morgan fingerprint density at radius 1 is 0.909 bits per heavy atom. The number of aromatic nitrogens is 2. The Bertz CT molecular complexity index is 1590. The standard InChI is InChI=1S/C31H28F4N4O5/c1-2-39-27(25(16-37-39)31(33,34)35)22-13-23(15-24(32)14-22)28(40)36-17-26(29(41)43-18-20-9-5-3-6-10-20)38-30(42)44-19-21-11-7-4-8-12-21/h3-16,26H,2,17-19H2,1H3,(H,36,40)(H,38,42)/t26-/m1/s1. The van der Waals surface area contributed by atoms with Crippen molar-refractivity contribution in [3.8, 4) is 11.3 Å². The van der Waals surface area contributed by atoms with Crippen molar-refractivity contribution in [3.05, 3.63) is 113 Å². The third-order valence-electron chi connectivity index (χ3n) is 6.36. The maximum atomic E-state index is 14.6. The largest absolute Gasteiger partial charge is 0.459 e. The van der Waals surface area contributed by atoms with Gasteiger partial charge in [-0.05, 0) is 36.2 Å². The van der Waals surface area contributed by atoms with Gasteiger partial charge in [0.25, 0.3) is 5.91 Å². The summed E-state index contributed by atoms with van der Waals surface area (Å²) in [6, 6.07) is 18.9. The van der Waals surface area contributed by atoms with Crippen LogP contribution in [0.4, 0.5) is 22.4 Å². The molecule has 0 spiro atoms. The van der Waals surface area contributed by atoms with Crippen LogP contribution in [0.1, 0.15) is 34.0 Å². The first kappa shape index (κ1) is 31.7. The Kier molecular flexibility index (Phi) is 10.3. The molecule has 0 aliphatic heterocycles. The number of halogens is 4.